The molecule has 1 heterocycles. The molecule has 3 amide bonds. The Bertz CT molecular complexity index is 976. The van der Waals surface area contributed by atoms with Crippen LogP contribution in [0, 0.1) is 10.1 Å². The number of non-ortho nitro benzene ring substituents is 1. The van der Waals surface area contributed by atoms with Crippen molar-refractivity contribution in [1.29, 1.82) is 0 Å². The number of carbonyl (C=O) groups is 3. The highest BCUT2D eigenvalue weighted by atomic mass is 32.2. The van der Waals surface area contributed by atoms with E-state index in [1.165, 1.54) is 19.2 Å². The number of hydrogen-bond acceptors (Lipinski definition) is 7. The normalized spacial score (nSPS) is 15.7. The summed E-state index contributed by atoms with van der Waals surface area (Å²) < 4.78 is 5.25. The summed E-state index contributed by atoms with van der Waals surface area (Å²) in [7, 11) is 1.45. The van der Waals surface area contributed by atoms with E-state index in [0.29, 0.717) is 28.9 Å². The lowest BCUT2D eigenvalue weighted by Gasteiger charge is -2.12. The first-order chi connectivity index (χ1) is 13.9. The van der Waals surface area contributed by atoms with Crippen LogP contribution in [0.3, 0.4) is 0 Å². The van der Waals surface area contributed by atoms with Crippen molar-refractivity contribution in [3.8, 4) is 5.75 Å². The summed E-state index contributed by atoms with van der Waals surface area (Å²) in [6, 6.07) is 10.9. The third-order valence-electron chi connectivity index (χ3n) is 4.30. The van der Waals surface area contributed by atoms with Crippen molar-refractivity contribution >= 4 is 34.5 Å². The maximum atomic E-state index is 12.6. The molecule has 0 radical (unpaired) electrons. The second-order valence-corrected chi connectivity index (χ2v) is 7.40. The van der Waals surface area contributed by atoms with E-state index >= 15 is 0 Å². The average molecular weight is 415 g/mol. The SMILES string of the molecule is COc1ccc(CC2SC(=O)NC2=O)cc1C(=O)NCc1ccc([N+](=O)[O-])cc1. The Morgan fingerprint density at radius 1 is 1.21 bits per heavy atom. The van der Waals surface area contributed by atoms with Crippen LogP contribution in [0.2, 0.25) is 0 Å². The van der Waals surface area contributed by atoms with E-state index in [1.807, 2.05) is 0 Å². The van der Waals surface area contributed by atoms with Gasteiger partial charge in [-0.2, -0.15) is 0 Å². The lowest BCUT2D eigenvalue weighted by Crippen LogP contribution is -2.26. The molecule has 1 unspecified atom stereocenters. The molecule has 0 saturated carbocycles. The zero-order chi connectivity index (χ0) is 21.0. The number of imide groups is 1. The number of amides is 3. The highest BCUT2D eigenvalue weighted by Crippen LogP contribution is 2.26. The number of hydrogen-bond donors (Lipinski definition) is 2. The van der Waals surface area contributed by atoms with Gasteiger partial charge in [0.15, 0.2) is 0 Å². The number of nitrogens with one attached hydrogen (secondary N) is 2. The first-order valence-electron chi connectivity index (χ1n) is 8.57. The predicted molar refractivity (Wildman–Crippen MR) is 106 cm³/mol. The quantitative estimate of drug-likeness (QED) is 0.525. The van der Waals surface area contributed by atoms with Crippen LogP contribution in [0.25, 0.3) is 0 Å². The largest absolute Gasteiger partial charge is 0.496 e. The Morgan fingerprint density at radius 3 is 2.48 bits per heavy atom. The molecule has 0 spiro atoms. The van der Waals surface area contributed by atoms with Gasteiger partial charge in [0.2, 0.25) is 5.91 Å². The van der Waals surface area contributed by atoms with Gasteiger partial charge in [-0.3, -0.25) is 29.8 Å². The van der Waals surface area contributed by atoms with Crippen LogP contribution in [0.15, 0.2) is 42.5 Å². The minimum Gasteiger partial charge on any atom is -0.496 e. The second-order valence-electron chi connectivity index (χ2n) is 6.23. The van der Waals surface area contributed by atoms with Crippen LogP contribution in [0.5, 0.6) is 5.75 Å². The molecule has 1 aliphatic heterocycles. The molecular weight excluding hydrogens is 398 g/mol. The van der Waals surface area contributed by atoms with E-state index in [9.17, 15) is 24.5 Å². The zero-order valence-electron chi connectivity index (χ0n) is 15.3. The molecule has 1 atom stereocenters. The smallest absolute Gasteiger partial charge is 0.286 e. The number of nitro groups is 1. The highest BCUT2D eigenvalue weighted by molar-refractivity contribution is 8.15. The van der Waals surface area contributed by atoms with E-state index < -0.39 is 10.2 Å². The fourth-order valence-corrected chi connectivity index (χ4v) is 3.67. The molecule has 3 rings (SSSR count). The van der Waals surface area contributed by atoms with Crippen molar-refractivity contribution in [2.45, 2.75) is 18.2 Å². The average Bonchev–Trinajstić information content (AvgIpc) is 3.03. The number of methoxy groups -OCH3 is 1. The maximum absolute atomic E-state index is 12.6. The monoisotopic (exact) mass is 415 g/mol. The number of rotatable bonds is 7. The molecule has 0 aliphatic carbocycles. The number of carbonyl (C=O) groups excluding carboxylic acids is 3. The topological polar surface area (TPSA) is 128 Å². The molecule has 2 N–H and O–H groups in total. The van der Waals surface area contributed by atoms with E-state index in [4.69, 9.17) is 4.74 Å². The minimum atomic E-state index is -0.535. The van der Waals surface area contributed by atoms with Crippen molar-refractivity contribution < 1.29 is 24.0 Å². The third-order valence-corrected chi connectivity index (χ3v) is 5.28. The molecule has 1 aliphatic rings. The van der Waals surface area contributed by atoms with E-state index in [1.54, 1.807) is 30.3 Å². The zero-order valence-corrected chi connectivity index (χ0v) is 16.2. The predicted octanol–water partition coefficient (Wildman–Crippen LogP) is 2.43. The van der Waals surface area contributed by atoms with Crippen LogP contribution in [-0.4, -0.2) is 34.3 Å². The number of benzene rings is 2. The number of nitrogens with zero attached hydrogens (tertiary/aromatic N) is 1. The van der Waals surface area contributed by atoms with Crippen molar-refractivity contribution in [3.05, 3.63) is 69.3 Å². The Morgan fingerprint density at radius 2 is 1.90 bits per heavy atom. The third kappa shape index (κ3) is 4.91. The molecule has 0 aromatic heterocycles. The molecule has 1 fully saturated rings. The number of ether oxygens (including phenoxy) is 1. The summed E-state index contributed by atoms with van der Waals surface area (Å²) in [6.07, 6.45) is 0.300. The first kappa shape index (κ1) is 20.3. The summed E-state index contributed by atoms with van der Waals surface area (Å²) in [5.74, 6) is -0.365. The van der Waals surface area contributed by atoms with E-state index in [0.717, 1.165) is 11.8 Å². The summed E-state index contributed by atoms with van der Waals surface area (Å²) in [6.45, 7) is 0.180. The molecule has 1 saturated heterocycles. The van der Waals surface area contributed by atoms with Gasteiger partial charge in [-0.25, -0.2) is 0 Å². The Balaban J connectivity index is 1.70. The summed E-state index contributed by atoms with van der Waals surface area (Å²) >= 11 is 0.924. The highest BCUT2D eigenvalue weighted by Gasteiger charge is 2.31. The molecule has 2 aromatic carbocycles. The summed E-state index contributed by atoms with van der Waals surface area (Å²) in [5, 5.41) is 14.8. The van der Waals surface area contributed by atoms with E-state index in [-0.39, 0.29) is 29.3 Å². The van der Waals surface area contributed by atoms with Gasteiger partial charge in [0.05, 0.1) is 22.8 Å². The molecule has 0 bridgehead atoms. The van der Waals surface area contributed by atoms with E-state index in [2.05, 4.69) is 10.6 Å². The van der Waals surface area contributed by atoms with Gasteiger partial charge < -0.3 is 10.1 Å². The molecular formula is C19H17N3O6S. The molecule has 10 heteroatoms. The van der Waals surface area contributed by atoms with Crippen LogP contribution >= 0.6 is 11.8 Å². The van der Waals surface area contributed by atoms with Crippen molar-refractivity contribution in [2.75, 3.05) is 7.11 Å². The fourth-order valence-electron chi connectivity index (χ4n) is 2.81. The second kappa shape index (κ2) is 8.74. The van der Waals surface area contributed by atoms with Crippen LogP contribution in [-0.2, 0) is 17.8 Å². The number of thioether (sulfide) groups is 1. The van der Waals surface area contributed by atoms with Crippen molar-refractivity contribution in [2.24, 2.45) is 0 Å². The van der Waals surface area contributed by atoms with Gasteiger partial charge in [0, 0.05) is 18.7 Å². The summed E-state index contributed by atoms with van der Waals surface area (Å²) in [5.41, 5.74) is 1.69. The van der Waals surface area contributed by atoms with Gasteiger partial charge in [-0.15, -0.1) is 0 Å². The lowest BCUT2D eigenvalue weighted by molar-refractivity contribution is -0.384. The van der Waals surface area contributed by atoms with Crippen LogP contribution < -0.4 is 15.4 Å². The molecule has 150 valence electrons. The molecule has 29 heavy (non-hydrogen) atoms. The van der Waals surface area contributed by atoms with Gasteiger partial charge in [-0.1, -0.05) is 30.0 Å². The lowest BCUT2D eigenvalue weighted by atomic mass is 10.0. The number of nitro benzene ring substituents is 1. The van der Waals surface area contributed by atoms with Crippen molar-refractivity contribution in [1.82, 2.24) is 10.6 Å². The molecule has 9 nitrogen and oxygen atoms in total. The first-order valence-corrected chi connectivity index (χ1v) is 9.45. The molecule has 2 aromatic rings. The van der Waals surface area contributed by atoms with Crippen molar-refractivity contribution in [3.63, 3.8) is 0 Å². The Kier molecular flexibility index (Phi) is 6.13. The maximum Gasteiger partial charge on any atom is 0.286 e. The van der Waals surface area contributed by atoms with Gasteiger partial charge in [-0.05, 0) is 29.7 Å². The van der Waals surface area contributed by atoms with Gasteiger partial charge in [0.25, 0.3) is 16.8 Å². The van der Waals surface area contributed by atoms with Crippen LogP contribution in [0.1, 0.15) is 21.5 Å². The standard InChI is InChI=1S/C19H17N3O6S/c1-28-15-7-4-12(9-16-18(24)21-19(25)29-16)8-14(15)17(23)20-10-11-2-5-13(6-3-11)22(26)27/h2-8,16H,9-10H2,1H3,(H,20,23)(H,21,24,25). The minimum absolute atomic E-state index is 0.0262. The van der Waals surface area contributed by atoms with Crippen LogP contribution in [0.4, 0.5) is 10.5 Å². The van der Waals surface area contributed by atoms with Gasteiger partial charge in [0.1, 0.15) is 5.75 Å². The Hall–Kier alpha value is -3.40. The Labute approximate surface area is 170 Å². The fraction of sp³-hybridized carbons (Fsp3) is 0.211. The summed E-state index contributed by atoms with van der Waals surface area (Å²) in [4.78, 5) is 45.9. The van der Waals surface area contributed by atoms with Gasteiger partial charge >= 0.3 is 0 Å².